The van der Waals surface area contributed by atoms with E-state index in [-0.39, 0.29) is 0 Å². The van der Waals surface area contributed by atoms with Crippen LogP contribution in [0.25, 0.3) is 0 Å². The van der Waals surface area contributed by atoms with E-state index in [0.717, 1.165) is 12.6 Å². The van der Waals surface area contributed by atoms with Gasteiger partial charge in [-0.25, -0.2) is 0 Å². The van der Waals surface area contributed by atoms with Gasteiger partial charge in [0.2, 0.25) is 0 Å². The average molecular weight is 143 g/mol. The van der Waals surface area contributed by atoms with Gasteiger partial charge >= 0.3 is 0 Å². The Labute approximate surface area is 63.0 Å². The molecule has 2 rings (SSSR count). The molecule has 60 valence electrons. The van der Waals surface area contributed by atoms with Gasteiger partial charge in [-0.05, 0) is 12.8 Å². The van der Waals surface area contributed by atoms with Crippen LogP contribution in [0.15, 0.2) is 0 Å². The van der Waals surface area contributed by atoms with Crippen LogP contribution in [-0.2, 0) is 4.74 Å². The lowest BCUT2D eigenvalue weighted by molar-refractivity contribution is 0.403. The van der Waals surface area contributed by atoms with Gasteiger partial charge in [-0.3, -0.25) is 0 Å². The van der Waals surface area contributed by atoms with Crippen molar-refractivity contribution in [3.05, 3.63) is 0 Å². The van der Waals surface area contributed by atoms with Gasteiger partial charge in [0, 0.05) is 12.6 Å². The molecule has 2 unspecified atom stereocenters. The van der Waals surface area contributed by atoms with Gasteiger partial charge in [-0.2, -0.15) is 0 Å². The molecule has 2 fully saturated rings. The molecule has 10 heavy (non-hydrogen) atoms. The van der Waals surface area contributed by atoms with Crippen LogP contribution in [-0.4, -0.2) is 25.3 Å². The Balaban J connectivity index is 0.0000001000. The summed E-state index contributed by atoms with van der Waals surface area (Å²) < 4.78 is 4.86. The number of nitrogens with one attached hydrogen (secondary N) is 1. The van der Waals surface area contributed by atoms with Gasteiger partial charge < -0.3 is 10.1 Å². The Hall–Kier alpha value is -0.0800. The molecule has 0 aromatic heterocycles. The Bertz CT molecular complexity index is 75.3. The summed E-state index contributed by atoms with van der Waals surface area (Å²) >= 11 is 0. The summed E-state index contributed by atoms with van der Waals surface area (Å²) in [5.74, 6) is 0. The Morgan fingerprint density at radius 1 is 1.40 bits per heavy atom. The van der Waals surface area contributed by atoms with E-state index in [9.17, 15) is 0 Å². The highest BCUT2D eigenvalue weighted by molar-refractivity contribution is 4.80. The summed E-state index contributed by atoms with van der Waals surface area (Å²) in [7, 11) is 0. The van der Waals surface area contributed by atoms with Crippen LogP contribution in [0.1, 0.15) is 26.7 Å². The summed E-state index contributed by atoms with van der Waals surface area (Å²) in [4.78, 5) is 0. The van der Waals surface area contributed by atoms with E-state index in [1.807, 2.05) is 0 Å². The van der Waals surface area contributed by atoms with Crippen molar-refractivity contribution in [2.24, 2.45) is 0 Å². The van der Waals surface area contributed by atoms with Crippen molar-refractivity contribution in [1.29, 1.82) is 0 Å². The summed E-state index contributed by atoms with van der Waals surface area (Å²) in [6, 6.07) is 0.884. The highest BCUT2D eigenvalue weighted by Gasteiger charge is 2.18. The van der Waals surface area contributed by atoms with Crippen molar-refractivity contribution < 1.29 is 4.74 Å². The minimum absolute atomic E-state index is 0.634. The Kier molecular flexibility index (Phi) is 3.16. The number of rotatable bonds is 2. The fraction of sp³-hybridized carbons (Fsp3) is 1.00. The summed E-state index contributed by atoms with van der Waals surface area (Å²) in [5.41, 5.74) is 0. The van der Waals surface area contributed by atoms with E-state index < -0.39 is 0 Å². The predicted molar refractivity (Wildman–Crippen MR) is 42.1 cm³/mol. The monoisotopic (exact) mass is 143 g/mol. The van der Waals surface area contributed by atoms with E-state index in [1.165, 1.54) is 19.4 Å². The molecule has 0 bridgehead atoms. The highest BCUT2D eigenvalue weighted by Crippen LogP contribution is 2.10. The lowest BCUT2D eigenvalue weighted by Gasteiger charge is -1.71. The van der Waals surface area contributed by atoms with Crippen molar-refractivity contribution in [2.75, 3.05) is 13.2 Å². The second-order valence-corrected chi connectivity index (χ2v) is 2.88. The van der Waals surface area contributed by atoms with Gasteiger partial charge in [0.15, 0.2) is 0 Å². The number of ether oxygens (including phenoxy) is 1. The van der Waals surface area contributed by atoms with Gasteiger partial charge in [0.25, 0.3) is 0 Å². The third kappa shape index (κ3) is 3.85. The molecular weight excluding hydrogens is 126 g/mol. The molecular formula is C8H17NO. The molecule has 1 N–H and O–H groups in total. The molecule has 0 aromatic carbocycles. The van der Waals surface area contributed by atoms with Crippen LogP contribution in [0.3, 0.4) is 0 Å². The van der Waals surface area contributed by atoms with E-state index in [4.69, 9.17) is 4.74 Å². The number of epoxide rings is 1. The van der Waals surface area contributed by atoms with Crippen molar-refractivity contribution in [3.63, 3.8) is 0 Å². The molecule has 0 radical (unpaired) electrons. The van der Waals surface area contributed by atoms with Crippen LogP contribution in [0.2, 0.25) is 0 Å². The fourth-order valence-corrected chi connectivity index (χ4v) is 0.676. The Morgan fingerprint density at radius 3 is 2.00 bits per heavy atom. The molecule has 0 amide bonds. The van der Waals surface area contributed by atoms with Crippen LogP contribution in [0, 0.1) is 0 Å². The van der Waals surface area contributed by atoms with Crippen molar-refractivity contribution in [1.82, 2.24) is 5.32 Å². The minimum Gasteiger partial charge on any atom is -0.373 e. The molecule has 2 heteroatoms. The van der Waals surface area contributed by atoms with Crippen molar-refractivity contribution in [3.8, 4) is 0 Å². The highest BCUT2D eigenvalue weighted by atomic mass is 16.6. The van der Waals surface area contributed by atoms with Gasteiger partial charge in [0.05, 0.1) is 12.7 Å². The second kappa shape index (κ2) is 3.94. The van der Waals surface area contributed by atoms with E-state index >= 15 is 0 Å². The first kappa shape index (κ1) is 8.02. The molecule has 0 saturated carbocycles. The summed E-state index contributed by atoms with van der Waals surface area (Å²) in [6.45, 7) is 6.61. The zero-order valence-corrected chi connectivity index (χ0v) is 6.89. The number of hydrogen-bond donors (Lipinski definition) is 1. The smallest absolute Gasteiger partial charge is 0.0807 e. The topological polar surface area (TPSA) is 34.5 Å². The first-order valence-corrected chi connectivity index (χ1v) is 4.21. The second-order valence-electron chi connectivity index (χ2n) is 2.88. The molecule has 2 aliphatic rings. The quantitative estimate of drug-likeness (QED) is 0.589. The maximum absolute atomic E-state index is 4.86. The molecule has 2 aliphatic heterocycles. The zero-order chi connectivity index (χ0) is 7.40. The molecule has 2 atom stereocenters. The van der Waals surface area contributed by atoms with Crippen LogP contribution in [0.5, 0.6) is 0 Å². The minimum atomic E-state index is 0.634. The maximum Gasteiger partial charge on any atom is 0.0807 e. The largest absolute Gasteiger partial charge is 0.373 e. The van der Waals surface area contributed by atoms with E-state index in [1.54, 1.807) is 0 Å². The predicted octanol–water partition coefficient (Wildman–Crippen LogP) is 1.16. The van der Waals surface area contributed by atoms with Crippen molar-refractivity contribution >= 4 is 0 Å². The standard InChI is InChI=1S/C4H9N.C4H8O/c2*1-2-4-3-5-4/h4-5H,2-3H2,1H3;4H,2-3H2,1H3. The Morgan fingerprint density at radius 2 is 2.00 bits per heavy atom. The molecule has 0 aromatic rings. The fourth-order valence-electron chi connectivity index (χ4n) is 0.676. The molecule has 0 spiro atoms. The SMILES string of the molecule is CCC1CN1.CCC1CO1. The lowest BCUT2D eigenvalue weighted by atomic mass is 10.4. The normalized spacial score (nSPS) is 34.2. The number of hydrogen-bond acceptors (Lipinski definition) is 2. The first-order chi connectivity index (χ1) is 4.86. The third-order valence-corrected chi connectivity index (χ3v) is 1.84. The lowest BCUT2D eigenvalue weighted by Crippen LogP contribution is -1.81. The average Bonchev–Trinajstić information content (AvgIpc) is 2.86. The first-order valence-electron chi connectivity index (χ1n) is 4.21. The van der Waals surface area contributed by atoms with E-state index in [0.29, 0.717) is 6.10 Å². The van der Waals surface area contributed by atoms with Crippen LogP contribution in [0.4, 0.5) is 0 Å². The van der Waals surface area contributed by atoms with Crippen LogP contribution < -0.4 is 5.32 Å². The van der Waals surface area contributed by atoms with Gasteiger partial charge in [-0.15, -0.1) is 0 Å². The van der Waals surface area contributed by atoms with E-state index in [2.05, 4.69) is 19.2 Å². The van der Waals surface area contributed by atoms with Gasteiger partial charge in [0.1, 0.15) is 0 Å². The van der Waals surface area contributed by atoms with Crippen molar-refractivity contribution in [2.45, 2.75) is 38.8 Å². The molecule has 0 aliphatic carbocycles. The molecule has 2 nitrogen and oxygen atoms in total. The molecule has 2 heterocycles. The summed E-state index contributed by atoms with van der Waals surface area (Å²) in [6.07, 6.45) is 3.13. The molecule has 2 saturated heterocycles. The maximum atomic E-state index is 4.86. The van der Waals surface area contributed by atoms with Gasteiger partial charge in [-0.1, -0.05) is 13.8 Å². The summed E-state index contributed by atoms with van der Waals surface area (Å²) in [5, 5.41) is 3.18. The third-order valence-electron chi connectivity index (χ3n) is 1.84. The van der Waals surface area contributed by atoms with Crippen LogP contribution >= 0.6 is 0 Å². The zero-order valence-electron chi connectivity index (χ0n) is 6.89.